The molecule has 6 aliphatic rings. The quantitative estimate of drug-likeness (QED) is 0.0543. The zero-order valence-corrected chi connectivity index (χ0v) is 41.7. The van der Waals surface area contributed by atoms with Crippen molar-refractivity contribution in [3.63, 3.8) is 0 Å². The van der Waals surface area contributed by atoms with Gasteiger partial charge in [-0.15, -0.1) is 0 Å². The molecule has 2 aliphatic heterocycles. The van der Waals surface area contributed by atoms with Crippen molar-refractivity contribution in [1.82, 2.24) is 30.6 Å². The summed E-state index contributed by atoms with van der Waals surface area (Å²) in [6.07, 6.45) is 11.1. The van der Waals surface area contributed by atoms with E-state index >= 15 is 0 Å². The average Bonchev–Trinajstić information content (AvgIpc) is 4.20. The Labute approximate surface area is 414 Å². The van der Waals surface area contributed by atoms with Gasteiger partial charge >= 0.3 is 7.82 Å². The van der Waals surface area contributed by atoms with E-state index in [-0.39, 0.29) is 30.0 Å². The van der Waals surface area contributed by atoms with Gasteiger partial charge in [0.2, 0.25) is 11.9 Å². The first-order valence-electron chi connectivity index (χ1n) is 25.3. The van der Waals surface area contributed by atoms with Crippen LogP contribution >= 0.6 is 7.82 Å². The number of nitrogens with one attached hydrogen (secondary N) is 4. The highest BCUT2D eigenvalue weighted by atomic mass is 31.2. The van der Waals surface area contributed by atoms with Gasteiger partial charge in [-0.3, -0.25) is 14.1 Å². The molecular weight excluding hydrogens is 928 g/mol. The lowest BCUT2D eigenvalue weighted by Crippen LogP contribution is -2.39. The van der Waals surface area contributed by atoms with Crippen molar-refractivity contribution < 1.29 is 42.7 Å². The van der Waals surface area contributed by atoms with Gasteiger partial charge in [-0.1, -0.05) is 24.3 Å². The Bertz CT molecular complexity index is 2600. The minimum Gasteiger partial charge on any atom is -0.496 e. The first-order valence-corrected chi connectivity index (χ1v) is 26.9. The lowest BCUT2D eigenvalue weighted by atomic mass is 9.92. The lowest BCUT2D eigenvalue weighted by Gasteiger charge is -2.29. The van der Waals surface area contributed by atoms with E-state index in [0.717, 1.165) is 97.5 Å². The highest BCUT2D eigenvalue weighted by molar-refractivity contribution is 7.46. The number of hydrogen-bond donors (Lipinski definition) is 6. The normalized spacial score (nSPS) is 25.5. The number of amides is 2. The number of phosphoric acid groups is 1. The number of piperidine rings is 2. The molecular formula is C51H67N10O9P. The first kappa shape index (κ1) is 49.0. The number of carbonyl (C=O) groups excluding carboxylic acids is 2. The second-order valence-corrected chi connectivity index (χ2v) is 21.6. The summed E-state index contributed by atoms with van der Waals surface area (Å²) in [6, 6.07) is 11.9. The van der Waals surface area contributed by atoms with Crippen molar-refractivity contribution in [2.24, 2.45) is 23.7 Å². The molecule has 19 nitrogen and oxygen atoms in total. The Morgan fingerprint density at radius 2 is 1.15 bits per heavy atom. The van der Waals surface area contributed by atoms with Crippen molar-refractivity contribution in [3.05, 3.63) is 82.2 Å². The number of anilines is 4. The molecule has 4 aromatic rings. The van der Waals surface area contributed by atoms with Crippen LogP contribution in [0.3, 0.4) is 0 Å². The molecule has 20 heteroatoms. The van der Waals surface area contributed by atoms with Gasteiger partial charge in [0.05, 0.1) is 33.0 Å². The molecule has 2 saturated heterocycles. The van der Waals surface area contributed by atoms with Gasteiger partial charge in [0, 0.05) is 63.7 Å². The number of ether oxygens (including phenoxy) is 3. The molecule has 2 amide bonds. The van der Waals surface area contributed by atoms with Gasteiger partial charge in [0.25, 0.3) is 11.8 Å². The van der Waals surface area contributed by atoms with Crippen molar-refractivity contribution in [2.75, 3.05) is 67.4 Å². The Morgan fingerprint density at radius 1 is 0.676 bits per heavy atom. The Morgan fingerprint density at radius 3 is 1.63 bits per heavy atom. The minimum absolute atomic E-state index is 0.00515. The fraction of sp³-hybridized carbons (Fsp3) is 0.569. The topological polar surface area (TPSA) is 235 Å². The van der Waals surface area contributed by atoms with Crippen LogP contribution in [0, 0.1) is 30.6 Å². The van der Waals surface area contributed by atoms with Gasteiger partial charge < -0.3 is 55.1 Å². The molecule has 4 saturated carbocycles. The molecule has 0 bridgehead atoms. The van der Waals surface area contributed by atoms with Crippen LogP contribution in [0.4, 0.5) is 23.5 Å². The summed E-state index contributed by atoms with van der Waals surface area (Å²) < 4.78 is 33.9. The van der Waals surface area contributed by atoms with E-state index in [1.54, 1.807) is 26.6 Å². The maximum atomic E-state index is 13.9. The third kappa shape index (κ3) is 12.2. The average molecular weight is 995 g/mol. The lowest BCUT2D eigenvalue weighted by molar-refractivity contribution is 0.0239. The van der Waals surface area contributed by atoms with Gasteiger partial charge in [-0.25, -0.2) is 14.5 Å². The number of aryl methyl sites for hydroxylation is 1. The van der Waals surface area contributed by atoms with Crippen molar-refractivity contribution in [1.29, 1.82) is 0 Å². The second-order valence-electron chi connectivity index (χ2n) is 20.5. The minimum atomic E-state index is -4.58. The number of methoxy groups -OCH3 is 2. The van der Waals surface area contributed by atoms with Crippen LogP contribution in [0.25, 0.3) is 0 Å². The molecule has 6 fully saturated rings. The number of hydrogen-bond acceptors (Lipinski definition) is 15. The maximum absolute atomic E-state index is 13.9. The molecule has 4 aliphatic carbocycles. The second kappa shape index (κ2) is 21.2. The van der Waals surface area contributed by atoms with E-state index in [1.165, 1.54) is 12.8 Å². The number of rotatable bonds is 20. The van der Waals surface area contributed by atoms with Crippen LogP contribution in [0.2, 0.25) is 0 Å². The summed E-state index contributed by atoms with van der Waals surface area (Å²) in [7, 11) is -1.25. The van der Waals surface area contributed by atoms with E-state index in [1.807, 2.05) is 31.2 Å². The summed E-state index contributed by atoms with van der Waals surface area (Å²) in [6.45, 7) is 7.16. The highest BCUT2D eigenvalue weighted by Crippen LogP contribution is 2.47. The summed E-state index contributed by atoms with van der Waals surface area (Å²) in [5, 5.41) is 13.3. The van der Waals surface area contributed by atoms with Crippen molar-refractivity contribution in [2.45, 2.75) is 115 Å². The fourth-order valence-corrected chi connectivity index (χ4v) is 11.7. The molecule has 4 unspecified atom stereocenters. The number of aromatic nitrogens is 4. The predicted molar refractivity (Wildman–Crippen MR) is 267 cm³/mol. The predicted octanol–water partition coefficient (Wildman–Crippen LogP) is 6.18. The van der Waals surface area contributed by atoms with Crippen LogP contribution in [-0.4, -0.2) is 113 Å². The standard InChI is InChI=1S/C51H67N10O9P/c1-30-18-31(4-14-44(30)67-2)22-52-46-42(24-54-50(58-46)60-26-34-20-35(34)27-60)48(62)56-38-6-10-40(11-7-38)69-17-16-33-19-32(5-15-45(33)68-3)23-53-47-43(25-55-51(59-47)61-28-36-21-37(36)29-61)49(63)57-39-8-12-41(13-9-39)70-71(64,65)66/h4-5,14-15,18-19,24-25,34-41H,6-13,16-17,20-23,26-29H2,1-3H3,(H,56,62)(H,57,63)(H,52,54,58)(H,53,55,59)(H2,64,65,66). The molecule has 380 valence electrons. The summed E-state index contributed by atoms with van der Waals surface area (Å²) >= 11 is 0. The SMILES string of the molecule is COc1ccc(CNc2nc(N3CC4CC4C3)ncc2C(=O)NC2CCC(OCCc3cc(CNc4nc(N5CC6CC6C5)ncc4C(=O)NC4CCC(OP(=O)(O)O)CC4)ccc3OC)CC2)cc1C. The highest BCUT2D eigenvalue weighted by Gasteiger charge is 2.47. The zero-order chi connectivity index (χ0) is 49.2. The van der Waals surface area contributed by atoms with Crippen LogP contribution in [0.1, 0.15) is 107 Å². The number of carbonyl (C=O) groups is 2. The summed E-state index contributed by atoms with van der Waals surface area (Å²) in [5.41, 5.74) is 4.86. The molecule has 2 aromatic heterocycles. The van der Waals surface area contributed by atoms with Crippen LogP contribution < -0.4 is 40.5 Å². The molecule has 0 radical (unpaired) electrons. The van der Waals surface area contributed by atoms with E-state index in [0.29, 0.717) is 98.3 Å². The smallest absolute Gasteiger partial charge is 0.469 e. The van der Waals surface area contributed by atoms with E-state index < -0.39 is 13.9 Å². The fourth-order valence-electron chi connectivity index (χ4n) is 11.1. The molecule has 10 rings (SSSR count). The van der Waals surface area contributed by atoms with Gasteiger partial charge in [-0.2, -0.15) is 9.97 Å². The number of fused-ring (bicyclic) bond motifs is 2. The van der Waals surface area contributed by atoms with E-state index in [9.17, 15) is 23.9 Å². The van der Waals surface area contributed by atoms with Crippen LogP contribution in [-0.2, 0) is 33.3 Å². The number of benzene rings is 2. The van der Waals surface area contributed by atoms with Crippen LogP contribution in [0.5, 0.6) is 11.5 Å². The van der Waals surface area contributed by atoms with Crippen molar-refractivity contribution >= 4 is 43.2 Å². The Kier molecular flexibility index (Phi) is 14.7. The Balaban J connectivity index is 0.723. The third-order valence-corrected chi connectivity index (χ3v) is 15.9. The first-order chi connectivity index (χ1) is 34.3. The maximum Gasteiger partial charge on any atom is 0.469 e. The number of nitrogens with zero attached hydrogens (tertiary/aromatic N) is 6. The molecule has 6 N–H and O–H groups in total. The molecule has 4 atom stereocenters. The number of phosphoric ester groups is 1. The van der Waals surface area contributed by atoms with Crippen molar-refractivity contribution in [3.8, 4) is 11.5 Å². The van der Waals surface area contributed by atoms with Gasteiger partial charge in [0.1, 0.15) is 34.3 Å². The largest absolute Gasteiger partial charge is 0.496 e. The Hall–Kier alpha value is -5.59. The summed E-state index contributed by atoms with van der Waals surface area (Å²) in [4.78, 5) is 69.6. The van der Waals surface area contributed by atoms with E-state index in [2.05, 4.69) is 53.2 Å². The molecule has 0 spiro atoms. The molecule has 71 heavy (non-hydrogen) atoms. The third-order valence-electron chi connectivity index (χ3n) is 15.3. The van der Waals surface area contributed by atoms with E-state index in [4.69, 9.17) is 28.7 Å². The summed E-state index contributed by atoms with van der Waals surface area (Å²) in [5.74, 6) is 6.16. The monoisotopic (exact) mass is 994 g/mol. The van der Waals surface area contributed by atoms with Gasteiger partial charge in [-0.05, 0) is 136 Å². The zero-order valence-electron chi connectivity index (χ0n) is 40.8. The van der Waals surface area contributed by atoms with Gasteiger partial charge in [0.15, 0.2) is 0 Å². The molecule has 2 aromatic carbocycles. The molecule has 4 heterocycles. The van der Waals surface area contributed by atoms with Crippen LogP contribution in [0.15, 0.2) is 48.8 Å².